The summed E-state index contributed by atoms with van der Waals surface area (Å²) in [7, 11) is 0. The summed E-state index contributed by atoms with van der Waals surface area (Å²) in [6, 6.07) is 14.2. The van der Waals surface area contributed by atoms with Crippen molar-refractivity contribution in [1.29, 1.82) is 5.26 Å². The summed E-state index contributed by atoms with van der Waals surface area (Å²) in [4.78, 5) is 7.15. The van der Waals surface area contributed by atoms with Crippen LogP contribution in [0.5, 0.6) is 5.75 Å². The average molecular weight is 473 g/mol. The lowest BCUT2D eigenvalue weighted by Crippen LogP contribution is -2.36. The maximum atomic E-state index is 9.69. The first-order chi connectivity index (χ1) is 17.1. The lowest BCUT2D eigenvalue weighted by atomic mass is 9.84. The minimum absolute atomic E-state index is 0.0195. The molecule has 0 amide bonds. The molecule has 1 fully saturated rings. The predicted molar refractivity (Wildman–Crippen MR) is 133 cm³/mol. The molecular weight excluding hydrogens is 440 g/mol. The number of nitriles is 1. The summed E-state index contributed by atoms with van der Waals surface area (Å²) in [5.74, 6) is 2.24. The minimum Gasteiger partial charge on any atom is -0.490 e. The van der Waals surface area contributed by atoms with Crippen LogP contribution in [0.15, 0.2) is 40.9 Å². The SMILES string of the molecule is CC(C)Oc1ccc(-c2nc(-c3cccc4c3CC[C@@H]4N(CCO)CC3CCC3)no2)cc1C#N. The third kappa shape index (κ3) is 4.82. The van der Waals surface area contributed by atoms with E-state index in [1.807, 2.05) is 19.9 Å². The van der Waals surface area contributed by atoms with Crippen LogP contribution in [0.4, 0.5) is 0 Å². The number of nitrogens with zero attached hydrogens (tertiary/aromatic N) is 4. The lowest BCUT2D eigenvalue weighted by Gasteiger charge is -2.36. The van der Waals surface area contributed by atoms with Crippen LogP contribution in [0, 0.1) is 17.2 Å². The Labute approximate surface area is 206 Å². The fraction of sp³-hybridized carbons (Fsp3) is 0.464. The second-order valence-electron chi connectivity index (χ2n) is 9.86. The van der Waals surface area contributed by atoms with Crippen molar-refractivity contribution in [2.75, 3.05) is 19.7 Å². The standard InChI is InChI=1S/C28H32N4O3/c1-18(2)34-26-12-9-20(15-21(26)16-29)28-30-27(31-35-28)24-8-4-7-23-22(24)10-11-25(23)32(13-14-33)17-19-5-3-6-19/h4,7-9,12,15,18-19,25,33H,3,5-6,10-11,13-14,17H2,1-2H3/t25-/m0/s1. The van der Waals surface area contributed by atoms with E-state index >= 15 is 0 Å². The van der Waals surface area contributed by atoms with Crippen LogP contribution >= 0.6 is 0 Å². The van der Waals surface area contributed by atoms with Gasteiger partial charge >= 0.3 is 0 Å². The number of hydrogen-bond donors (Lipinski definition) is 1. The minimum atomic E-state index is -0.0195. The number of rotatable bonds is 9. The zero-order valence-electron chi connectivity index (χ0n) is 20.4. The molecule has 7 nitrogen and oxygen atoms in total. The Morgan fingerprint density at radius 1 is 1.23 bits per heavy atom. The van der Waals surface area contributed by atoms with Gasteiger partial charge in [-0.05, 0) is 74.8 Å². The number of hydrogen-bond acceptors (Lipinski definition) is 7. The molecule has 1 atom stereocenters. The molecule has 1 saturated carbocycles. The molecule has 2 aromatic carbocycles. The lowest BCUT2D eigenvalue weighted by molar-refractivity contribution is 0.106. The van der Waals surface area contributed by atoms with Crippen molar-refractivity contribution in [3.05, 3.63) is 53.1 Å². The van der Waals surface area contributed by atoms with Crippen LogP contribution in [0.25, 0.3) is 22.8 Å². The zero-order valence-corrected chi connectivity index (χ0v) is 20.4. The monoisotopic (exact) mass is 472 g/mol. The van der Waals surface area contributed by atoms with E-state index in [2.05, 4.69) is 39.3 Å². The number of aliphatic hydroxyl groups excluding tert-OH is 1. The second-order valence-corrected chi connectivity index (χ2v) is 9.86. The Balaban J connectivity index is 1.41. The van der Waals surface area contributed by atoms with Gasteiger partial charge in [-0.25, -0.2) is 0 Å². The molecule has 1 aromatic heterocycles. The molecule has 182 valence electrons. The van der Waals surface area contributed by atoms with Gasteiger partial charge in [-0.1, -0.05) is 29.8 Å². The van der Waals surface area contributed by atoms with Crippen molar-refractivity contribution in [3.63, 3.8) is 0 Å². The normalized spacial score (nSPS) is 17.4. The van der Waals surface area contributed by atoms with Crippen molar-refractivity contribution in [2.24, 2.45) is 5.92 Å². The van der Waals surface area contributed by atoms with Gasteiger partial charge in [0.05, 0.1) is 18.3 Å². The van der Waals surface area contributed by atoms with Crippen LogP contribution in [0.2, 0.25) is 0 Å². The van der Waals surface area contributed by atoms with Gasteiger partial charge < -0.3 is 14.4 Å². The Hall–Kier alpha value is -3.21. The molecule has 1 heterocycles. The molecule has 0 spiro atoms. The van der Waals surface area contributed by atoms with E-state index < -0.39 is 0 Å². The van der Waals surface area contributed by atoms with Crippen LogP contribution in [0.1, 0.15) is 62.3 Å². The molecule has 0 radical (unpaired) electrons. The molecule has 35 heavy (non-hydrogen) atoms. The van der Waals surface area contributed by atoms with Crippen LogP contribution in [0.3, 0.4) is 0 Å². The van der Waals surface area contributed by atoms with Gasteiger partial charge in [0.1, 0.15) is 11.8 Å². The van der Waals surface area contributed by atoms with Crippen molar-refractivity contribution in [2.45, 2.75) is 58.1 Å². The smallest absolute Gasteiger partial charge is 0.258 e. The van der Waals surface area contributed by atoms with E-state index in [1.165, 1.54) is 30.4 Å². The summed E-state index contributed by atoms with van der Waals surface area (Å²) >= 11 is 0. The van der Waals surface area contributed by atoms with Crippen molar-refractivity contribution >= 4 is 0 Å². The van der Waals surface area contributed by atoms with Gasteiger partial charge in [0.2, 0.25) is 5.82 Å². The molecule has 0 bridgehead atoms. The van der Waals surface area contributed by atoms with Crippen LogP contribution in [-0.2, 0) is 6.42 Å². The number of fused-ring (bicyclic) bond motifs is 1. The van der Waals surface area contributed by atoms with E-state index in [4.69, 9.17) is 9.26 Å². The third-order valence-electron chi connectivity index (χ3n) is 7.16. The Bertz CT molecular complexity index is 1230. The van der Waals surface area contributed by atoms with Crippen molar-refractivity contribution in [1.82, 2.24) is 15.0 Å². The maximum Gasteiger partial charge on any atom is 0.258 e. The molecule has 5 rings (SSSR count). The highest BCUT2D eigenvalue weighted by Gasteiger charge is 2.32. The Morgan fingerprint density at radius 2 is 2.09 bits per heavy atom. The van der Waals surface area contributed by atoms with Gasteiger partial charge in [-0.3, -0.25) is 4.90 Å². The molecule has 0 aliphatic heterocycles. The molecule has 0 saturated heterocycles. The molecular formula is C28H32N4O3. The first-order valence-electron chi connectivity index (χ1n) is 12.6. The first kappa shape index (κ1) is 23.5. The highest BCUT2D eigenvalue weighted by atomic mass is 16.5. The van der Waals surface area contributed by atoms with Crippen LogP contribution < -0.4 is 4.74 Å². The highest BCUT2D eigenvalue weighted by molar-refractivity contribution is 5.67. The van der Waals surface area contributed by atoms with E-state index in [0.29, 0.717) is 41.2 Å². The molecule has 7 heteroatoms. The molecule has 3 aromatic rings. The van der Waals surface area contributed by atoms with Gasteiger partial charge in [0.15, 0.2) is 0 Å². The number of ether oxygens (including phenoxy) is 1. The molecule has 0 unspecified atom stereocenters. The van der Waals surface area contributed by atoms with Crippen LogP contribution in [-0.4, -0.2) is 45.9 Å². The number of aromatic nitrogens is 2. The second kappa shape index (κ2) is 10.2. The van der Waals surface area contributed by atoms with Gasteiger partial charge in [0.25, 0.3) is 5.89 Å². The fourth-order valence-corrected chi connectivity index (χ4v) is 5.29. The summed E-state index contributed by atoms with van der Waals surface area (Å²) in [5.41, 5.74) is 4.70. The molecule has 2 aliphatic carbocycles. The van der Waals surface area contributed by atoms with E-state index in [0.717, 1.165) is 30.9 Å². The Morgan fingerprint density at radius 3 is 2.80 bits per heavy atom. The van der Waals surface area contributed by atoms with Gasteiger partial charge in [-0.2, -0.15) is 10.2 Å². The van der Waals surface area contributed by atoms with Gasteiger partial charge in [0, 0.05) is 30.3 Å². The van der Waals surface area contributed by atoms with Crippen molar-refractivity contribution < 1.29 is 14.4 Å². The largest absolute Gasteiger partial charge is 0.490 e. The number of aliphatic hydroxyl groups is 1. The Kier molecular flexibility index (Phi) is 6.85. The molecule has 2 aliphatic rings. The third-order valence-corrected chi connectivity index (χ3v) is 7.16. The quantitative estimate of drug-likeness (QED) is 0.460. The van der Waals surface area contributed by atoms with Crippen molar-refractivity contribution in [3.8, 4) is 34.7 Å². The van der Waals surface area contributed by atoms with E-state index in [9.17, 15) is 10.4 Å². The topological polar surface area (TPSA) is 95.4 Å². The summed E-state index contributed by atoms with van der Waals surface area (Å²) in [6.45, 7) is 5.79. The first-order valence-corrected chi connectivity index (χ1v) is 12.6. The highest BCUT2D eigenvalue weighted by Crippen LogP contribution is 2.41. The van der Waals surface area contributed by atoms with E-state index in [-0.39, 0.29) is 12.7 Å². The summed E-state index contributed by atoms with van der Waals surface area (Å²) < 4.78 is 11.3. The molecule has 1 N–H and O–H groups in total. The average Bonchev–Trinajstić information content (AvgIpc) is 3.48. The maximum absolute atomic E-state index is 9.69. The van der Waals surface area contributed by atoms with Gasteiger partial charge in [-0.15, -0.1) is 0 Å². The number of benzene rings is 2. The zero-order chi connectivity index (χ0) is 24.4. The summed E-state index contributed by atoms with van der Waals surface area (Å²) in [6.07, 6.45) is 5.89. The van der Waals surface area contributed by atoms with E-state index in [1.54, 1.807) is 12.1 Å². The summed E-state index contributed by atoms with van der Waals surface area (Å²) in [5, 5.41) is 23.5. The fourth-order valence-electron chi connectivity index (χ4n) is 5.29. The predicted octanol–water partition coefficient (Wildman–Crippen LogP) is 5.14.